The van der Waals surface area contributed by atoms with Gasteiger partial charge in [0.2, 0.25) is 0 Å². The Labute approximate surface area is 161 Å². The molecule has 2 aromatic carbocycles. The lowest BCUT2D eigenvalue weighted by Gasteiger charge is -2.15. The highest BCUT2D eigenvalue weighted by atomic mass is 32.2. The van der Waals surface area contributed by atoms with Crippen LogP contribution in [0.4, 0.5) is 0 Å². The molecule has 0 aliphatic rings. The Hall–Kier alpha value is -2.63. The molecule has 0 aromatic heterocycles. The van der Waals surface area contributed by atoms with Crippen LogP contribution in [-0.2, 0) is 16.4 Å². The van der Waals surface area contributed by atoms with E-state index in [0.717, 1.165) is 33.2 Å². The third-order valence-corrected chi connectivity index (χ3v) is 5.47. The quantitative estimate of drug-likeness (QED) is 0.614. The normalized spacial score (nSPS) is 11.0. The van der Waals surface area contributed by atoms with Gasteiger partial charge in [0.05, 0.1) is 19.0 Å². The molecule has 0 bridgehead atoms. The van der Waals surface area contributed by atoms with Crippen LogP contribution in [-0.4, -0.2) is 25.9 Å². The molecule has 4 nitrogen and oxygen atoms in total. The van der Waals surface area contributed by atoms with E-state index < -0.39 is 9.84 Å². The van der Waals surface area contributed by atoms with Gasteiger partial charge in [-0.1, -0.05) is 50.1 Å². The monoisotopic (exact) mass is 384 g/mol. The van der Waals surface area contributed by atoms with E-state index in [-0.39, 0.29) is 19.0 Å². The number of sulfone groups is 1. The molecule has 0 saturated heterocycles. The summed E-state index contributed by atoms with van der Waals surface area (Å²) in [5.74, 6) is 0.628. The first-order valence-corrected chi connectivity index (χ1v) is 10.3. The molecule has 2 aromatic rings. The van der Waals surface area contributed by atoms with Crippen LogP contribution < -0.4 is 4.74 Å². The minimum Gasteiger partial charge on any atom is -0.494 e. The molecule has 0 spiro atoms. The molecule has 0 unspecified atom stereocenters. The van der Waals surface area contributed by atoms with Gasteiger partial charge in [0.15, 0.2) is 9.84 Å². The molecule has 5 heteroatoms. The van der Waals surface area contributed by atoms with Crippen LogP contribution >= 0.6 is 0 Å². The Morgan fingerprint density at radius 1 is 1.04 bits per heavy atom. The van der Waals surface area contributed by atoms with Gasteiger partial charge in [-0.2, -0.15) is 0 Å². The van der Waals surface area contributed by atoms with Crippen LogP contribution in [0.25, 0.3) is 23.3 Å². The molecule has 27 heavy (non-hydrogen) atoms. The maximum absolute atomic E-state index is 11.4. The van der Waals surface area contributed by atoms with Gasteiger partial charge in [0.1, 0.15) is 5.75 Å². The van der Waals surface area contributed by atoms with E-state index in [2.05, 4.69) is 19.7 Å². The fourth-order valence-electron chi connectivity index (χ4n) is 2.76. The van der Waals surface area contributed by atoms with Gasteiger partial charge in [-0.05, 0) is 52.4 Å². The maximum Gasteiger partial charge on any atom is 0.171 e. The molecule has 1 N–H and O–H groups in total. The van der Waals surface area contributed by atoms with Crippen molar-refractivity contribution in [1.82, 2.24) is 0 Å². The van der Waals surface area contributed by atoms with Crippen LogP contribution in [0, 0.1) is 0 Å². The summed E-state index contributed by atoms with van der Waals surface area (Å²) in [5, 5.41) is 10.4. The topological polar surface area (TPSA) is 63.6 Å². The second kappa shape index (κ2) is 9.35. The zero-order chi connectivity index (χ0) is 19.9. The Morgan fingerprint density at radius 3 is 2.26 bits per heavy atom. The minimum atomic E-state index is -3.22. The van der Waals surface area contributed by atoms with Crippen molar-refractivity contribution in [3.05, 3.63) is 78.2 Å². The third-order valence-electron chi connectivity index (χ3n) is 4.11. The lowest BCUT2D eigenvalue weighted by atomic mass is 9.93. The molecule has 0 radical (unpaired) electrons. The maximum atomic E-state index is 11.4. The number of aliphatic hydroxyl groups excluding tert-OH is 1. The van der Waals surface area contributed by atoms with Gasteiger partial charge >= 0.3 is 0 Å². The molecular formula is C22H24O4S. The largest absolute Gasteiger partial charge is 0.494 e. The van der Waals surface area contributed by atoms with Crippen LogP contribution in [0.1, 0.15) is 23.1 Å². The summed E-state index contributed by atoms with van der Waals surface area (Å²) in [7, 11) is -3.22. The van der Waals surface area contributed by atoms with Crippen molar-refractivity contribution in [1.29, 1.82) is 0 Å². The summed E-state index contributed by atoms with van der Waals surface area (Å²) in [4.78, 5) is 0. The first kappa shape index (κ1) is 20.7. The smallest absolute Gasteiger partial charge is 0.171 e. The number of hydrogen-bond acceptors (Lipinski definition) is 4. The number of aliphatic hydroxyl groups is 1. The van der Waals surface area contributed by atoms with Crippen LogP contribution in [0.3, 0.4) is 0 Å². The van der Waals surface area contributed by atoms with Crippen LogP contribution in [0.5, 0.6) is 5.75 Å². The van der Waals surface area contributed by atoms with Gasteiger partial charge in [0, 0.05) is 5.41 Å². The van der Waals surface area contributed by atoms with Crippen molar-refractivity contribution < 1.29 is 18.3 Å². The summed E-state index contributed by atoms with van der Waals surface area (Å²) in [6.45, 7) is 11.3. The van der Waals surface area contributed by atoms with Gasteiger partial charge in [-0.25, -0.2) is 8.42 Å². The fourth-order valence-corrected chi connectivity index (χ4v) is 3.44. The Kier molecular flexibility index (Phi) is 7.16. The van der Waals surface area contributed by atoms with Gasteiger partial charge in [0.25, 0.3) is 0 Å². The van der Waals surface area contributed by atoms with Crippen LogP contribution in [0.15, 0.2) is 61.5 Å². The van der Waals surface area contributed by atoms with E-state index >= 15 is 0 Å². The van der Waals surface area contributed by atoms with E-state index in [1.54, 1.807) is 12.2 Å². The number of ether oxygens (including phenoxy) is 1. The first-order valence-electron chi connectivity index (χ1n) is 8.55. The summed E-state index contributed by atoms with van der Waals surface area (Å²) < 4.78 is 28.6. The molecule has 0 saturated carbocycles. The van der Waals surface area contributed by atoms with Gasteiger partial charge < -0.3 is 9.84 Å². The fraction of sp³-hybridized carbons (Fsp3) is 0.182. The summed E-state index contributed by atoms with van der Waals surface area (Å²) in [5.41, 5.74) is 4.47. The van der Waals surface area contributed by atoms with Crippen molar-refractivity contribution >= 4 is 22.0 Å². The highest BCUT2D eigenvalue weighted by Gasteiger charge is 2.12. The van der Waals surface area contributed by atoms with Crippen molar-refractivity contribution in [2.24, 2.45) is 0 Å². The molecule has 0 aliphatic carbocycles. The molecule has 0 heterocycles. The van der Waals surface area contributed by atoms with Crippen molar-refractivity contribution in [3.63, 3.8) is 0 Å². The average Bonchev–Trinajstić information content (AvgIpc) is 2.70. The van der Waals surface area contributed by atoms with Crippen LogP contribution in [0.2, 0.25) is 0 Å². The molecule has 2 rings (SSSR count). The molecule has 0 atom stereocenters. The Bertz CT molecular complexity index is 914. The summed E-state index contributed by atoms with van der Waals surface area (Å²) in [6, 6.07) is 11.4. The molecule has 0 fully saturated rings. The molecule has 0 amide bonds. The predicted molar refractivity (Wildman–Crippen MR) is 112 cm³/mol. The zero-order valence-electron chi connectivity index (χ0n) is 15.2. The van der Waals surface area contributed by atoms with Gasteiger partial charge in [-0.15, -0.1) is 0 Å². The third kappa shape index (κ3) is 5.42. The predicted octanol–water partition coefficient (Wildman–Crippen LogP) is 4.46. The number of rotatable bonds is 10. The number of benzene rings is 2. The standard InChI is InChI=1S/C22H24O4S/c1-4-18-14-21(26-11-8-12-27(24,25)6-3)15-19(5-2)22(18)20-10-7-9-17(13-20)16-23/h4-7,9-10,13-15,23H,1-3,8,11-12,16H2. The SMILES string of the molecule is C=Cc1cc(OCCCS(=O)(=O)C=C)cc(C=C)c1-c1cccc(CO)c1. The molecular weight excluding hydrogens is 360 g/mol. The molecule has 0 aliphatic heterocycles. The van der Waals surface area contributed by atoms with E-state index in [4.69, 9.17) is 4.74 Å². The first-order chi connectivity index (χ1) is 12.9. The Balaban J connectivity index is 2.29. The lowest BCUT2D eigenvalue weighted by molar-refractivity contribution is 0.282. The highest BCUT2D eigenvalue weighted by molar-refractivity contribution is 7.94. The summed E-state index contributed by atoms with van der Waals surface area (Å²) >= 11 is 0. The highest BCUT2D eigenvalue weighted by Crippen LogP contribution is 2.34. The lowest BCUT2D eigenvalue weighted by Crippen LogP contribution is -2.07. The number of hydrogen-bond donors (Lipinski definition) is 1. The van der Waals surface area contributed by atoms with E-state index in [9.17, 15) is 13.5 Å². The van der Waals surface area contributed by atoms with E-state index in [1.165, 1.54) is 0 Å². The van der Waals surface area contributed by atoms with Crippen molar-refractivity contribution in [3.8, 4) is 16.9 Å². The minimum absolute atomic E-state index is 0.00513. The Morgan fingerprint density at radius 2 is 1.70 bits per heavy atom. The summed E-state index contributed by atoms with van der Waals surface area (Å²) in [6.07, 6.45) is 3.85. The molecule has 142 valence electrons. The second-order valence-corrected chi connectivity index (χ2v) is 8.05. The van der Waals surface area contributed by atoms with Crippen molar-refractivity contribution in [2.45, 2.75) is 13.0 Å². The zero-order valence-corrected chi connectivity index (χ0v) is 16.0. The van der Waals surface area contributed by atoms with E-state index in [0.29, 0.717) is 12.2 Å². The average molecular weight is 384 g/mol. The van der Waals surface area contributed by atoms with Crippen molar-refractivity contribution in [2.75, 3.05) is 12.4 Å². The van der Waals surface area contributed by atoms with Gasteiger partial charge in [-0.3, -0.25) is 0 Å². The van der Waals surface area contributed by atoms with E-state index in [1.807, 2.05) is 36.4 Å². The second-order valence-electron chi connectivity index (χ2n) is 5.98.